The Hall–Kier alpha value is -0.680. The first-order valence-electron chi connectivity index (χ1n) is 2.99. The summed E-state index contributed by atoms with van der Waals surface area (Å²) in [5.41, 5.74) is 0. The molecule has 1 unspecified atom stereocenters. The Morgan fingerprint density at radius 3 is 3.00 bits per heavy atom. The van der Waals surface area contributed by atoms with Crippen molar-refractivity contribution in [2.24, 2.45) is 0 Å². The summed E-state index contributed by atoms with van der Waals surface area (Å²) in [6, 6.07) is 0. The van der Waals surface area contributed by atoms with Gasteiger partial charge in [0.25, 0.3) is 0 Å². The molecule has 1 saturated heterocycles. The molecule has 0 spiro atoms. The van der Waals surface area contributed by atoms with E-state index < -0.39 is 11.2 Å². The highest BCUT2D eigenvalue weighted by molar-refractivity contribution is 4.70. The van der Waals surface area contributed by atoms with Gasteiger partial charge < -0.3 is 4.74 Å². The van der Waals surface area contributed by atoms with Crippen molar-refractivity contribution < 1.29 is 9.66 Å². The van der Waals surface area contributed by atoms with Crippen molar-refractivity contribution in [1.82, 2.24) is 4.90 Å². The van der Waals surface area contributed by atoms with Crippen molar-refractivity contribution in [2.45, 2.75) is 6.23 Å². The summed E-state index contributed by atoms with van der Waals surface area (Å²) < 4.78 is 4.81. The third kappa shape index (κ3) is 1.65. The van der Waals surface area contributed by atoms with Gasteiger partial charge in [-0.1, -0.05) is 0 Å². The van der Waals surface area contributed by atoms with Crippen LogP contribution in [-0.4, -0.2) is 36.3 Å². The molecule has 0 aromatic carbocycles. The summed E-state index contributed by atoms with van der Waals surface area (Å²) in [4.78, 5) is 11.5. The standard InChI is InChI=1S/C5H9N2O3/c1-6-2-3-10-5(4-6)7(8)9/h2,5H,3-4H2,1H3. The van der Waals surface area contributed by atoms with Gasteiger partial charge in [0.1, 0.15) is 0 Å². The van der Waals surface area contributed by atoms with Crippen LogP contribution < -0.4 is 0 Å². The van der Waals surface area contributed by atoms with E-state index in [-0.39, 0.29) is 0 Å². The van der Waals surface area contributed by atoms with Crippen molar-refractivity contribution in [1.29, 1.82) is 0 Å². The first-order valence-corrected chi connectivity index (χ1v) is 2.99. The van der Waals surface area contributed by atoms with Gasteiger partial charge in [0.05, 0.1) is 24.6 Å². The SMILES string of the molecule is CN1[CH]COC([N+](=O)[O-])C1. The lowest BCUT2D eigenvalue weighted by Crippen LogP contribution is -2.41. The zero-order chi connectivity index (χ0) is 7.56. The normalized spacial score (nSPS) is 28.3. The van der Waals surface area contributed by atoms with Gasteiger partial charge in [0.2, 0.25) is 0 Å². The van der Waals surface area contributed by atoms with Gasteiger partial charge in [-0.25, -0.2) is 0 Å². The quantitative estimate of drug-likeness (QED) is 0.376. The fourth-order valence-corrected chi connectivity index (χ4v) is 0.782. The van der Waals surface area contributed by atoms with E-state index in [9.17, 15) is 10.1 Å². The second-order valence-electron chi connectivity index (χ2n) is 2.20. The number of nitro groups is 1. The Morgan fingerprint density at radius 2 is 2.60 bits per heavy atom. The predicted octanol–water partition coefficient (Wildman–Crippen LogP) is -0.287. The minimum Gasteiger partial charge on any atom is -0.314 e. The topological polar surface area (TPSA) is 55.6 Å². The second kappa shape index (κ2) is 2.94. The average Bonchev–Trinajstić information content (AvgIpc) is 1.88. The Labute approximate surface area is 58.7 Å². The lowest BCUT2D eigenvalue weighted by atomic mass is 10.4. The maximum atomic E-state index is 10.1. The first-order chi connectivity index (χ1) is 4.70. The number of ether oxygens (including phenoxy) is 1. The molecule has 0 N–H and O–H groups in total. The smallest absolute Gasteiger partial charge is 0.314 e. The van der Waals surface area contributed by atoms with Crippen LogP contribution in [0.3, 0.4) is 0 Å². The Bertz CT molecular complexity index is 139. The Morgan fingerprint density at radius 1 is 1.90 bits per heavy atom. The summed E-state index contributed by atoms with van der Waals surface area (Å²) in [6.45, 7) is 2.45. The number of rotatable bonds is 1. The molecule has 1 fully saturated rings. The lowest BCUT2D eigenvalue weighted by Gasteiger charge is -2.23. The Kier molecular flexibility index (Phi) is 2.18. The molecule has 0 bridgehead atoms. The number of hydrogen-bond donors (Lipinski definition) is 0. The highest BCUT2D eigenvalue weighted by Gasteiger charge is 2.26. The van der Waals surface area contributed by atoms with Crippen LogP contribution in [0.5, 0.6) is 0 Å². The maximum Gasteiger partial charge on any atom is 0.328 e. The monoisotopic (exact) mass is 145 g/mol. The summed E-state index contributed by atoms with van der Waals surface area (Å²) in [7, 11) is 1.79. The van der Waals surface area contributed by atoms with Crippen LogP contribution in [0.2, 0.25) is 0 Å². The zero-order valence-electron chi connectivity index (χ0n) is 5.69. The van der Waals surface area contributed by atoms with Crippen molar-refractivity contribution in [2.75, 3.05) is 20.2 Å². The molecule has 1 radical (unpaired) electrons. The summed E-state index contributed by atoms with van der Waals surface area (Å²) in [6.07, 6.45) is -0.852. The molecular formula is C5H9N2O3. The van der Waals surface area contributed by atoms with Gasteiger partial charge in [-0.2, -0.15) is 0 Å². The van der Waals surface area contributed by atoms with E-state index in [0.717, 1.165) is 0 Å². The van der Waals surface area contributed by atoms with Crippen LogP contribution in [0.25, 0.3) is 0 Å². The molecule has 5 heteroatoms. The van der Waals surface area contributed by atoms with E-state index in [1.165, 1.54) is 0 Å². The molecule has 1 aliphatic heterocycles. The van der Waals surface area contributed by atoms with Gasteiger partial charge in [-0.15, -0.1) is 0 Å². The molecule has 1 atom stereocenters. The van der Waals surface area contributed by atoms with Crippen LogP contribution in [0.1, 0.15) is 0 Å². The minimum absolute atomic E-state index is 0.335. The number of morpholine rings is 1. The third-order valence-corrected chi connectivity index (χ3v) is 1.35. The van der Waals surface area contributed by atoms with Gasteiger partial charge in [0.15, 0.2) is 0 Å². The molecule has 1 heterocycles. The van der Waals surface area contributed by atoms with E-state index >= 15 is 0 Å². The van der Waals surface area contributed by atoms with Gasteiger partial charge >= 0.3 is 6.23 Å². The fourth-order valence-electron chi connectivity index (χ4n) is 0.782. The van der Waals surface area contributed by atoms with Crippen LogP contribution in [-0.2, 0) is 4.74 Å². The molecule has 5 nitrogen and oxygen atoms in total. The highest BCUT2D eigenvalue weighted by Crippen LogP contribution is 2.05. The van der Waals surface area contributed by atoms with Crippen molar-refractivity contribution in [3.8, 4) is 0 Å². The maximum absolute atomic E-state index is 10.1. The van der Waals surface area contributed by atoms with Gasteiger partial charge in [0, 0.05) is 0 Å². The van der Waals surface area contributed by atoms with Crippen molar-refractivity contribution >= 4 is 0 Å². The molecule has 57 valence electrons. The van der Waals surface area contributed by atoms with Crippen molar-refractivity contribution in [3.63, 3.8) is 0 Å². The van der Waals surface area contributed by atoms with Crippen LogP contribution in [0.4, 0.5) is 0 Å². The van der Waals surface area contributed by atoms with E-state index in [2.05, 4.69) is 0 Å². The molecular weight excluding hydrogens is 136 g/mol. The largest absolute Gasteiger partial charge is 0.328 e. The van der Waals surface area contributed by atoms with Crippen LogP contribution >= 0.6 is 0 Å². The van der Waals surface area contributed by atoms with Gasteiger partial charge in [-0.3, -0.25) is 15.0 Å². The van der Waals surface area contributed by atoms with Crippen LogP contribution in [0, 0.1) is 16.7 Å². The highest BCUT2D eigenvalue weighted by atomic mass is 16.7. The average molecular weight is 145 g/mol. The van der Waals surface area contributed by atoms with Crippen molar-refractivity contribution in [3.05, 3.63) is 16.7 Å². The molecule has 1 rings (SSSR count). The summed E-state index contributed by atoms with van der Waals surface area (Å²) >= 11 is 0. The molecule has 0 aromatic rings. The van der Waals surface area contributed by atoms with E-state index in [0.29, 0.717) is 13.2 Å². The fraction of sp³-hybridized carbons (Fsp3) is 0.800. The number of likely N-dealkylation sites (N-methyl/N-ethyl adjacent to an activating group) is 1. The third-order valence-electron chi connectivity index (χ3n) is 1.35. The molecule has 0 amide bonds. The van der Waals surface area contributed by atoms with E-state index in [1.54, 1.807) is 18.5 Å². The summed E-state index contributed by atoms with van der Waals surface area (Å²) in [5.74, 6) is 0. The molecule has 0 aromatic heterocycles. The second-order valence-corrected chi connectivity index (χ2v) is 2.20. The zero-order valence-corrected chi connectivity index (χ0v) is 5.69. The molecule has 1 aliphatic rings. The number of hydrogen-bond acceptors (Lipinski definition) is 4. The summed E-state index contributed by atoms with van der Waals surface area (Å²) in [5, 5.41) is 10.1. The lowest BCUT2D eigenvalue weighted by molar-refractivity contribution is -0.578. The Balaban J connectivity index is 2.39. The van der Waals surface area contributed by atoms with Crippen LogP contribution in [0.15, 0.2) is 0 Å². The van der Waals surface area contributed by atoms with Gasteiger partial charge in [-0.05, 0) is 7.05 Å². The molecule has 10 heavy (non-hydrogen) atoms. The minimum atomic E-state index is -0.852. The van der Waals surface area contributed by atoms with E-state index in [1.807, 2.05) is 0 Å². The first kappa shape index (κ1) is 7.43. The van der Waals surface area contributed by atoms with E-state index in [4.69, 9.17) is 4.74 Å². The predicted molar refractivity (Wildman–Crippen MR) is 33.7 cm³/mol. The molecule has 0 aliphatic carbocycles. The molecule has 0 saturated carbocycles. The number of nitrogens with zero attached hydrogens (tertiary/aromatic N) is 2.